The Hall–Kier alpha value is -2.60. The molecule has 0 amide bonds. The second-order valence-corrected chi connectivity index (χ2v) is 3.47. The zero-order chi connectivity index (χ0) is 12.1. The third-order valence-corrected chi connectivity index (χ3v) is 2.16. The number of aldehydes is 1. The van der Waals surface area contributed by atoms with Gasteiger partial charge in [-0.05, 0) is 24.3 Å². The van der Waals surface area contributed by atoms with Crippen molar-refractivity contribution in [2.45, 2.75) is 0 Å². The Morgan fingerprint density at radius 1 is 1.12 bits per heavy atom. The molecule has 2 rings (SSSR count). The van der Waals surface area contributed by atoms with Gasteiger partial charge >= 0.3 is 0 Å². The maximum absolute atomic E-state index is 10.6. The van der Waals surface area contributed by atoms with E-state index < -0.39 is 0 Å². The molecule has 0 saturated carbocycles. The molecule has 0 aliphatic heterocycles. The summed E-state index contributed by atoms with van der Waals surface area (Å²) in [6, 6.07) is 10.6. The zero-order valence-electron chi connectivity index (χ0n) is 9.05. The molecule has 0 radical (unpaired) electrons. The van der Waals surface area contributed by atoms with E-state index in [9.17, 15) is 4.79 Å². The smallest absolute Gasteiger partial charge is 0.150 e. The summed E-state index contributed by atoms with van der Waals surface area (Å²) in [6.45, 7) is 0. The molecular weight excluding hydrogens is 212 g/mol. The van der Waals surface area contributed by atoms with Crippen molar-refractivity contribution < 1.29 is 4.79 Å². The van der Waals surface area contributed by atoms with Crippen molar-refractivity contribution in [2.75, 3.05) is 5.73 Å². The van der Waals surface area contributed by atoms with Crippen LogP contribution in [0.1, 0.15) is 21.5 Å². The highest BCUT2D eigenvalue weighted by atomic mass is 16.1. The van der Waals surface area contributed by atoms with Crippen LogP contribution in [0.25, 0.3) is 0 Å². The number of anilines is 1. The van der Waals surface area contributed by atoms with Crippen molar-refractivity contribution in [3.05, 3.63) is 59.3 Å². The molecule has 2 aromatic rings. The number of hydrogen-bond acceptors (Lipinski definition) is 3. The number of hydrogen-bond donors (Lipinski definition) is 1. The number of nitrogen functional groups attached to an aromatic ring is 1. The number of nitrogens with zero attached hydrogens (tertiary/aromatic N) is 1. The summed E-state index contributed by atoms with van der Waals surface area (Å²) in [6.07, 6.45) is 2.42. The molecule has 82 valence electrons. The van der Waals surface area contributed by atoms with Crippen LogP contribution in [0.3, 0.4) is 0 Å². The lowest BCUT2D eigenvalue weighted by Crippen LogP contribution is -1.88. The van der Waals surface area contributed by atoms with Gasteiger partial charge in [0.1, 0.15) is 12.1 Å². The molecular formula is C14H10N2O. The van der Waals surface area contributed by atoms with Crippen molar-refractivity contribution in [3.8, 4) is 11.8 Å². The molecule has 0 bridgehead atoms. The first-order valence-corrected chi connectivity index (χ1v) is 5.07. The molecule has 0 saturated heterocycles. The van der Waals surface area contributed by atoms with E-state index in [1.807, 2.05) is 6.07 Å². The number of aromatic nitrogens is 1. The first kappa shape index (κ1) is 10.9. The fourth-order valence-corrected chi connectivity index (χ4v) is 1.31. The van der Waals surface area contributed by atoms with Crippen LogP contribution in [-0.2, 0) is 0 Å². The van der Waals surface area contributed by atoms with Gasteiger partial charge in [-0.15, -0.1) is 0 Å². The summed E-state index contributed by atoms with van der Waals surface area (Å²) in [7, 11) is 0. The molecule has 1 aromatic heterocycles. The van der Waals surface area contributed by atoms with Crippen LogP contribution in [0, 0.1) is 11.8 Å². The van der Waals surface area contributed by atoms with Crippen molar-refractivity contribution in [1.29, 1.82) is 0 Å². The topological polar surface area (TPSA) is 56.0 Å². The van der Waals surface area contributed by atoms with Gasteiger partial charge in [0.25, 0.3) is 0 Å². The Morgan fingerprint density at radius 3 is 2.65 bits per heavy atom. The van der Waals surface area contributed by atoms with Crippen LogP contribution >= 0.6 is 0 Å². The van der Waals surface area contributed by atoms with Gasteiger partial charge < -0.3 is 5.73 Å². The molecule has 1 heterocycles. The predicted molar refractivity (Wildman–Crippen MR) is 66.5 cm³/mol. The monoisotopic (exact) mass is 222 g/mol. The first-order valence-electron chi connectivity index (χ1n) is 5.07. The number of carbonyl (C=O) groups excluding carboxylic acids is 1. The zero-order valence-corrected chi connectivity index (χ0v) is 9.05. The van der Waals surface area contributed by atoms with E-state index in [1.54, 1.807) is 36.5 Å². The molecule has 0 aliphatic rings. The molecule has 1 aromatic carbocycles. The molecule has 0 atom stereocenters. The first-order chi connectivity index (χ1) is 8.28. The normalized spacial score (nSPS) is 9.18. The fraction of sp³-hybridized carbons (Fsp3) is 0. The molecule has 3 nitrogen and oxygen atoms in total. The quantitative estimate of drug-likeness (QED) is 0.592. The lowest BCUT2D eigenvalue weighted by Gasteiger charge is -1.93. The minimum absolute atomic E-state index is 0.471. The lowest BCUT2D eigenvalue weighted by atomic mass is 10.1. The Labute approximate surface area is 99.3 Å². The average molecular weight is 222 g/mol. The van der Waals surface area contributed by atoms with Crippen LogP contribution in [0.15, 0.2) is 42.6 Å². The van der Waals surface area contributed by atoms with E-state index in [2.05, 4.69) is 16.8 Å². The number of rotatable bonds is 1. The summed E-state index contributed by atoms with van der Waals surface area (Å²) in [5, 5.41) is 0. The highest BCUT2D eigenvalue weighted by molar-refractivity contribution is 5.75. The van der Waals surface area contributed by atoms with E-state index in [-0.39, 0.29) is 0 Å². The third kappa shape index (κ3) is 2.93. The van der Waals surface area contributed by atoms with Crippen molar-refractivity contribution in [3.63, 3.8) is 0 Å². The summed E-state index contributed by atoms with van der Waals surface area (Å²) in [5.74, 6) is 6.39. The molecule has 0 spiro atoms. The van der Waals surface area contributed by atoms with E-state index in [0.29, 0.717) is 11.4 Å². The van der Waals surface area contributed by atoms with Gasteiger partial charge in [-0.25, -0.2) is 4.98 Å². The standard InChI is InChI=1S/C14H10N2O/c15-14-7-6-12(9-16-14)5-4-11-2-1-3-13(8-11)10-17/h1-3,6-10H,(H2,15,16). The van der Waals surface area contributed by atoms with Crippen LogP contribution in [-0.4, -0.2) is 11.3 Å². The average Bonchev–Trinajstić information content (AvgIpc) is 2.38. The van der Waals surface area contributed by atoms with Gasteiger partial charge in [0.2, 0.25) is 0 Å². The maximum Gasteiger partial charge on any atom is 0.150 e. The molecule has 0 fully saturated rings. The summed E-state index contributed by atoms with van der Waals surface area (Å²) < 4.78 is 0. The largest absolute Gasteiger partial charge is 0.384 e. The molecule has 17 heavy (non-hydrogen) atoms. The second-order valence-electron chi connectivity index (χ2n) is 3.47. The SMILES string of the molecule is Nc1ccc(C#Cc2cccc(C=O)c2)cn1. The summed E-state index contributed by atoms with van der Waals surface area (Å²) in [5.41, 5.74) is 7.68. The number of benzene rings is 1. The van der Waals surface area contributed by atoms with E-state index in [0.717, 1.165) is 17.4 Å². The van der Waals surface area contributed by atoms with Crippen LogP contribution in [0.2, 0.25) is 0 Å². The Morgan fingerprint density at radius 2 is 1.94 bits per heavy atom. The Balaban J connectivity index is 2.26. The van der Waals surface area contributed by atoms with E-state index in [1.165, 1.54) is 0 Å². The van der Waals surface area contributed by atoms with Crippen molar-refractivity contribution >= 4 is 12.1 Å². The lowest BCUT2D eigenvalue weighted by molar-refractivity contribution is 0.112. The fourth-order valence-electron chi connectivity index (χ4n) is 1.31. The number of nitrogens with two attached hydrogens (primary N) is 1. The van der Waals surface area contributed by atoms with Crippen LogP contribution in [0.5, 0.6) is 0 Å². The second kappa shape index (κ2) is 4.95. The summed E-state index contributed by atoms with van der Waals surface area (Å²) in [4.78, 5) is 14.5. The Bertz CT molecular complexity index is 592. The highest BCUT2D eigenvalue weighted by Crippen LogP contribution is 2.03. The van der Waals surface area contributed by atoms with Gasteiger partial charge in [-0.1, -0.05) is 24.0 Å². The third-order valence-electron chi connectivity index (χ3n) is 2.16. The van der Waals surface area contributed by atoms with Crippen molar-refractivity contribution in [2.24, 2.45) is 0 Å². The van der Waals surface area contributed by atoms with E-state index >= 15 is 0 Å². The minimum Gasteiger partial charge on any atom is -0.384 e. The number of pyridine rings is 1. The van der Waals surface area contributed by atoms with Crippen LogP contribution in [0.4, 0.5) is 5.82 Å². The number of carbonyl (C=O) groups is 1. The van der Waals surface area contributed by atoms with Gasteiger partial charge in [0.15, 0.2) is 0 Å². The minimum atomic E-state index is 0.471. The van der Waals surface area contributed by atoms with E-state index in [4.69, 9.17) is 5.73 Å². The van der Waals surface area contributed by atoms with Gasteiger partial charge in [-0.3, -0.25) is 4.79 Å². The molecule has 0 aliphatic carbocycles. The van der Waals surface area contributed by atoms with Gasteiger partial charge in [0.05, 0.1) is 0 Å². The molecule has 2 N–H and O–H groups in total. The molecule has 3 heteroatoms. The van der Waals surface area contributed by atoms with Crippen molar-refractivity contribution in [1.82, 2.24) is 4.98 Å². The van der Waals surface area contributed by atoms with Gasteiger partial charge in [0, 0.05) is 22.9 Å². The summed E-state index contributed by atoms with van der Waals surface area (Å²) >= 11 is 0. The van der Waals surface area contributed by atoms with Crippen LogP contribution < -0.4 is 5.73 Å². The van der Waals surface area contributed by atoms with Gasteiger partial charge in [-0.2, -0.15) is 0 Å². The highest BCUT2D eigenvalue weighted by Gasteiger charge is 1.91. The predicted octanol–water partition coefficient (Wildman–Crippen LogP) is 1.88. The molecule has 0 unspecified atom stereocenters. The Kier molecular flexibility index (Phi) is 3.18. The maximum atomic E-state index is 10.6.